The van der Waals surface area contributed by atoms with Gasteiger partial charge in [0.25, 0.3) is 0 Å². The minimum absolute atomic E-state index is 0.502. The summed E-state index contributed by atoms with van der Waals surface area (Å²) in [6.45, 7) is 4.68. The van der Waals surface area contributed by atoms with Crippen LogP contribution in [0, 0.1) is 6.92 Å². The standard InChI is InChI=1S/C19H25NO3/c1-15-7-9-16(10-8-15)13-20-14-17-5-4-6-18(22-3)19(17)23-12-11-21-2/h4-10,20H,11-14H2,1-3H3. The van der Waals surface area contributed by atoms with E-state index in [0.29, 0.717) is 19.8 Å². The molecule has 0 amide bonds. The van der Waals surface area contributed by atoms with Gasteiger partial charge in [-0.25, -0.2) is 0 Å². The zero-order valence-corrected chi connectivity index (χ0v) is 14.1. The number of rotatable bonds is 9. The third kappa shape index (κ3) is 5.27. The van der Waals surface area contributed by atoms with Crippen LogP contribution < -0.4 is 14.8 Å². The van der Waals surface area contributed by atoms with Crippen molar-refractivity contribution in [2.75, 3.05) is 27.4 Å². The topological polar surface area (TPSA) is 39.7 Å². The van der Waals surface area contributed by atoms with Gasteiger partial charge in [-0.15, -0.1) is 0 Å². The van der Waals surface area contributed by atoms with E-state index in [1.165, 1.54) is 11.1 Å². The van der Waals surface area contributed by atoms with Crippen LogP contribution in [0.2, 0.25) is 0 Å². The summed E-state index contributed by atoms with van der Waals surface area (Å²) in [5.74, 6) is 1.53. The van der Waals surface area contributed by atoms with Gasteiger partial charge in [-0.05, 0) is 18.6 Å². The Bertz CT molecular complexity index is 596. The van der Waals surface area contributed by atoms with Crippen molar-refractivity contribution in [3.63, 3.8) is 0 Å². The molecule has 0 saturated heterocycles. The molecule has 0 saturated carbocycles. The first-order valence-electron chi connectivity index (χ1n) is 7.78. The Morgan fingerprint density at radius 1 is 0.913 bits per heavy atom. The van der Waals surface area contributed by atoms with E-state index in [0.717, 1.165) is 23.6 Å². The molecule has 0 aliphatic rings. The molecule has 1 N–H and O–H groups in total. The zero-order chi connectivity index (χ0) is 16.5. The third-order valence-corrected chi connectivity index (χ3v) is 3.58. The first kappa shape index (κ1) is 17.3. The zero-order valence-electron chi connectivity index (χ0n) is 14.1. The normalized spacial score (nSPS) is 10.6. The summed E-state index contributed by atoms with van der Waals surface area (Å²) in [7, 11) is 3.32. The molecule has 0 atom stereocenters. The summed E-state index contributed by atoms with van der Waals surface area (Å²) >= 11 is 0. The second-order valence-corrected chi connectivity index (χ2v) is 5.38. The SMILES string of the molecule is COCCOc1c(CNCc2ccc(C)cc2)cccc1OC. The molecule has 0 aliphatic carbocycles. The lowest BCUT2D eigenvalue weighted by molar-refractivity contribution is 0.143. The molecule has 0 aromatic heterocycles. The molecule has 0 bridgehead atoms. The maximum absolute atomic E-state index is 5.83. The van der Waals surface area contributed by atoms with Crippen LogP contribution >= 0.6 is 0 Å². The van der Waals surface area contributed by atoms with Gasteiger partial charge in [0, 0.05) is 25.8 Å². The van der Waals surface area contributed by atoms with Crippen molar-refractivity contribution in [2.24, 2.45) is 0 Å². The number of hydrogen-bond donors (Lipinski definition) is 1. The van der Waals surface area contributed by atoms with E-state index in [4.69, 9.17) is 14.2 Å². The van der Waals surface area contributed by atoms with Gasteiger partial charge in [0.2, 0.25) is 0 Å². The van der Waals surface area contributed by atoms with Crippen LogP contribution in [0.25, 0.3) is 0 Å². The van der Waals surface area contributed by atoms with Gasteiger partial charge < -0.3 is 19.5 Å². The van der Waals surface area contributed by atoms with E-state index < -0.39 is 0 Å². The smallest absolute Gasteiger partial charge is 0.165 e. The molecular formula is C19H25NO3. The number of benzene rings is 2. The van der Waals surface area contributed by atoms with E-state index in [2.05, 4.69) is 36.5 Å². The fraction of sp³-hybridized carbons (Fsp3) is 0.368. The molecule has 4 heteroatoms. The lowest BCUT2D eigenvalue weighted by Crippen LogP contribution is -2.15. The number of aryl methyl sites for hydroxylation is 1. The maximum Gasteiger partial charge on any atom is 0.165 e. The van der Waals surface area contributed by atoms with Gasteiger partial charge in [0.15, 0.2) is 11.5 Å². The van der Waals surface area contributed by atoms with Crippen molar-refractivity contribution in [2.45, 2.75) is 20.0 Å². The molecule has 2 aromatic rings. The first-order chi connectivity index (χ1) is 11.2. The quantitative estimate of drug-likeness (QED) is 0.721. The van der Waals surface area contributed by atoms with Crippen LogP contribution in [0.4, 0.5) is 0 Å². The van der Waals surface area contributed by atoms with Gasteiger partial charge in [-0.3, -0.25) is 0 Å². The Labute approximate surface area is 138 Å². The molecule has 2 rings (SSSR count). The molecule has 0 fully saturated rings. The monoisotopic (exact) mass is 315 g/mol. The second-order valence-electron chi connectivity index (χ2n) is 5.38. The van der Waals surface area contributed by atoms with Crippen molar-refractivity contribution < 1.29 is 14.2 Å². The average Bonchev–Trinajstić information content (AvgIpc) is 2.58. The Hall–Kier alpha value is -2.04. The highest BCUT2D eigenvalue weighted by atomic mass is 16.5. The summed E-state index contributed by atoms with van der Waals surface area (Å²) in [6.07, 6.45) is 0. The van der Waals surface area contributed by atoms with Crippen molar-refractivity contribution in [1.29, 1.82) is 0 Å². The fourth-order valence-corrected chi connectivity index (χ4v) is 2.30. The Balaban J connectivity index is 1.98. The van der Waals surface area contributed by atoms with E-state index >= 15 is 0 Å². The average molecular weight is 315 g/mol. The Kier molecular flexibility index (Phi) is 6.91. The van der Waals surface area contributed by atoms with Crippen LogP contribution in [0.15, 0.2) is 42.5 Å². The Morgan fingerprint density at radius 2 is 1.70 bits per heavy atom. The summed E-state index contributed by atoms with van der Waals surface area (Å²) in [4.78, 5) is 0. The number of methoxy groups -OCH3 is 2. The lowest BCUT2D eigenvalue weighted by Gasteiger charge is -2.15. The molecule has 2 aromatic carbocycles. The lowest BCUT2D eigenvalue weighted by atomic mass is 10.1. The van der Waals surface area contributed by atoms with Crippen molar-refractivity contribution in [3.8, 4) is 11.5 Å². The van der Waals surface area contributed by atoms with Gasteiger partial charge in [0.05, 0.1) is 13.7 Å². The third-order valence-electron chi connectivity index (χ3n) is 3.58. The van der Waals surface area contributed by atoms with Crippen LogP contribution in [-0.2, 0) is 17.8 Å². The summed E-state index contributed by atoms with van der Waals surface area (Å²) in [5, 5.41) is 3.45. The first-order valence-corrected chi connectivity index (χ1v) is 7.78. The molecule has 124 valence electrons. The van der Waals surface area contributed by atoms with Crippen LogP contribution in [0.3, 0.4) is 0 Å². The minimum atomic E-state index is 0.502. The molecule has 0 spiro atoms. The van der Waals surface area contributed by atoms with Crippen LogP contribution in [0.5, 0.6) is 11.5 Å². The van der Waals surface area contributed by atoms with Crippen LogP contribution in [-0.4, -0.2) is 27.4 Å². The highest BCUT2D eigenvalue weighted by Crippen LogP contribution is 2.31. The minimum Gasteiger partial charge on any atom is -0.493 e. The van der Waals surface area contributed by atoms with E-state index in [9.17, 15) is 0 Å². The molecule has 0 aliphatic heterocycles. The van der Waals surface area contributed by atoms with E-state index in [1.54, 1.807) is 14.2 Å². The summed E-state index contributed by atoms with van der Waals surface area (Å²) < 4.78 is 16.3. The Morgan fingerprint density at radius 3 is 2.39 bits per heavy atom. The van der Waals surface area contributed by atoms with Crippen molar-refractivity contribution >= 4 is 0 Å². The summed E-state index contributed by atoms with van der Waals surface area (Å²) in [6, 6.07) is 14.5. The molecule has 0 unspecified atom stereocenters. The predicted octanol–water partition coefficient (Wildman–Crippen LogP) is 3.32. The number of ether oxygens (including phenoxy) is 3. The van der Waals surface area contributed by atoms with E-state index in [-0.39, 0.29) is 0 Å². The maximum atomic E-state index is 5.83. The largest absolute Gasteiger partial charge is 0.493 e. The van der Waals surface area contributed by atoms with Gasteiger partial charge >= 0.3 is 0 Å². The molecule has 0 radical (unpaired) electrons. The number of hydrogen-bond acceptors (Lipinski definition) is 4. The second kappa shape index (κ2) is 9.18. The van der Waals surface area contributed by atoms with Gasteiger partial charge in [-0.1, -0.05) is 42.0 Å². The van der Waals surface area contributed by atoms with Gasteiger partial charge in [-0.2, -0.15) is 0 Å². The molecule has 23 heavy (non-hydrogen) atoms. The van der Waals surface area contributed by atoms with Crippen LogP contribution in [0.1, 0.15) is 16.7 Å². The highest BCUT2D eigenvalue weighted by Gasteiger charge is 2.10. The van der Waals surface area contributed by atoms with E-state index in [1.807, 2.05) is 18.2 Å². The van der Waals surface area contributed by atoms with Crippen molar-refractivity contribution in [1.82, 2.24) is 5.32 Å². The molecular weight excluding hydrogens is 290 g/mol. The number of para-hydroxylation sites is 1. The predicted molar refractivity (Wildman–Crippen MR) is 92.1 cm³/mol. The summed E-state index contributed by atoms with van der Waals surface area (Å²) in [5.41, 5.74) is 3.61. The highest BCUT2D eigenvalue weighted by molar-refractivity contribution is 5.46. The fourth-order valence-electron chi connectivity index (χ4n) is 2.30. The molecule has 4 nitrogen and oxygen atoms in total. The van der Waals surface area contributed by atoms with Crippen molar-refractivity contribution in [3.05, 3.63) is 59.2 Å². The van der Waals surface area contributed by atoms with Gasteiger partial charge in [0.1, 0.15) is 6.61 Å². The molecule has 0 heterocycles. The number of nitrogens with one attached hydrogen (secondary N) is 1.